The highest BCUT2D eigenvalue weighted by Gasteiger charge is 2.34. The minimum atomic E-state index is 0.133. The Morgan fingerprint density at radius 2 is 2.31 bits per heavy atom. The molecule has 1 aromatic carbocycles. The normalized spacial score (nSPS) is 20.2. The third-order valence-electron chi connectivity index (χ3n) is 2.19. The lowest BCUT2D eigenvalue weighted by Gasteiger charge is -2.02. The molecule has 1 aliphatic heterocycles. The lowest BCUT2D eigenvalue weighted by molar-refractivity contribution is 0.0876. The third-order valence-corrected chi connectivity index (χ3v) is 2.69. The first kappa shape index (κ1) is 8.75. The molecule has 1 aliphatic rings. The van der Waals surface area contributed by atoms with Gasteiger partial charge in [-0.05, 0) is 25.1 Å². The molecule has 0 aromatic heterocycles. The van der Waals surface area contributed by atoms with Crippen molar-refractivity contribution in [2.45, 2.75) is 13.0 Å². The number of halogens is 1. The second kappa shape index (κ2) is 3.14. The summed E-state index contributed by atoms with van der Waals surface area (Å²) < 4.78 is 0.952. The Bertz CT molecular complexity index is 351. The Morgan fingerprint density at radius 3 is 2.85 bits per heavy atom. The highest BCUT2D eigenvalue weighted by atomic mass is 79.9. The largest absolute Gasteiger partial charge is 0.332 e. The van der Waals surface area contributed by atoms with E-state index >= 15 is 0 Å². The Labute approximate surface area is 85.7 Å². The number of hydrogen-bond acceptors (Lipinski definition) is 1. The molecule has 1 atom stereocenters. The lowest BCUT2D eigenvalue weighted by Crippen LogP contribution is -2.12. The van der Waals surface area contributed by atoms with Gasteiger partial charge < -0.3 is 4.90 Å². The van der Waals surface area contributed by atoms with E-state index < -0.39 is 0 Å². The van der Waals surface area contributed by atoms with Gasteiger partial charge in [-0.15, -0.1) is 0 Å². The maximum absolute atomic E-state index is 11.7. The van der Waals surface area contributed by atoms with Gasteiger partial charge in [-0.1, -0.05) is 22.0 Å². The molecule has 0 aliphatic carbocycles. The van der Waals surface area contributed by atoms with Gasteiger partial charge in [0.15, 0.2) is 0 Å². The number of nitrogens with zero attached hydrogens (tertiary/aromatic N) is 1. The van der Waals surface area contributed by atoms with Gasteiger partial charge in [0.2, 0.25) is 0 Å². The SMILES string of the molecule is CC1CN1C(=O)c1cccc(Br)c1. The van der Waals surface area contributed by atoms with Crippen LogP contribution < -0.4 is 0 Å². The zero-order valence-corrected chi connectivity index (χ0v) is 8.91. The highest BCUT2D eigenvalue weighted by Crippen LogP contribution is 2.21. The molecule has 68 valence electrons. The Hall–Kier alpha value is -0.830. The molecule has 1 fully saturated rings. The first-order chi connectivity index (χ1) is 6.18. The van der Waals surface area contributed by atoms with Gasteiger partial charge in [0.25, 0.3) is 5.91 Å². The summed E-state index contributed by atoms with van der Waals surface area (Å²) in [6.45, 7) is 2.95. The lowest BCUT2D eigenvalue weighted by atomic mass is 10.2. The molecule has 0 saturated carbocycles. The fourth-order valence-electron chi connectivity index (χ4n) is 1.31. The molecule has 13 heavy (non-hydrogen) atoms. The fourth-order valence-corrected chi connectivity index (χ4v) is 1.71. The van der Waals surface area contributed by atoms with Crippen LogP contribution in [-0.4, -0.2) is 23.4 Å². The van der Waals surface area contributed by atoms with Gasteiger partial charge in [0, 0.05) is 22.6 Å². The molecule has 3 heteroatoms. The molecule has 1 amide bonds. The van der Waals surface area contributed by atoms with Crippen LogP contribution in [0.5, 0.6) is 0 Å². The predicted molar refractivity (Wildman–Crippen MR) is 54.6 cm³/mol. The van der Waals surface area contributed by atoms with E-state index in [1.165, 1.54) is 0 Å². The number of carbonyl (C=O) groups excluding carboxylic acids is 1. The van der Waals surface area contributed by atoms with Crippen LogP contribution in [0.4, 0.5) is 0 Å². The number of rotatable bonds is 1. The molecule has 1 unspecified atom stereocenters. The molecule has 1 heterocycles. The molecule has 0 spiro atoms. The van der Waals surface area contributed by atoms with Gasteiger partial charge in [-0.2, -0.15) is 0 Å². The van der Waals surface area contributed by atoms with E-state index in [-0.39, 0.29) is 5.91 Å². The van der Waals surface area contributed by atoms with Crippen LogP contribution in [0, 0.1) is 0 Å². The molecule has 0 radical (unpaired) electrons. The smallest absolute Gasteiger partial charge is 0.254 e. The number of benzene rings is 1. The van der Waals surface area contributed by atoms with Crippen molar-refractivity contribution in [2.75, 3.05) is 6.54 Å². The second-order valence-corrected chi connectivity index (χ2v) is 4.23. The van der Waals surface area contributed by atoms with Crippen molar-refractivity contribution in [3.63, 3.8) is 0 Å². The average Bonchev–Trinajstić information content (AvgIpc) is 2.81. The third kappa shape index (κ3) is 1.75. The van der Waals surface area contributed by atoms with E-state index in [4.69, 9.17) is 0 Å². The van der Waals surface area contributed by atoms with Gasteiger partial charge in [0.1, 0.15) is 0 Å². The molecule has 2 rings (SSSR count). The summed E-state index contributed by atoms with van der Waals surface area (Å²) in [4.78, 5) is 13.5. The minimum Gasteiger partial charge on any atom is -0.332 e. The summed E-state index contributed by atoms with van der Waals surface area (Å²) >= 11 is 3.34. The van der Waals surface area contributed by atoms with Crippen molar-refractivity contribution < 1.29 is 4.79 Å². The number of amides is 1. The number of carbonyl (C=O) groups is 1. The van der Waals surface area contributed by atoms with Crippen molar-refractivity contribution in [1.82, 2.24) is 4.90 Å². The quantitative estimate of drug-likeness (QED) is 0.689. The average molecular weight is 240 g/mol. The summed E-state index contributed by atoms with van der Waals surface area (Å²) in [6, 6.07) is 7.92. The molecular weight excluding hydrogens is 230 g/mol. The van der Waals surface area contributed by atoms with Gasteiger partial charge >= 0.3 is 0 Å². The summed E-state index contributed by atoms with van der Waals surface area (Å²) in [5.41, 5.74) is 0.763. The van der Waals surface area contributed by atoms with Crippen LogP contribution in [0.2, 0.25) is 0 Å². The maximum atomic E-state index is 11.7. The molecule has 2 nitrogen and oxygen atoms in total. The Kier molecular flexibility index (Phi) is 2.12. The van der Waals surface area contributed by atoms with Crippen LogP contribution >= 0.6 is 15.9 Å². The summed E-state index contributed by atoms with van der Waals surface area (Å²) in [6.07, 6.45) is 0. The van der Waals surface area contributed by atoms with Crippen LogP contribution in [-0.2, 0) is 0 Å². The first-order valence-electron chi connectivity index (χ1n) is 4.25. The Balaban J connectivity index is 2.21. The Morgan fingerprint density at radius 1 is 1.62 bits per heavy atom. The van der Waals surface area contributed by atoms with E-state index in [9.17, 15) is 4.79 Å². The number of hydrogen-bond donors (Lipinski definition) is 0. The topological polar surface area (TPSA) is 20.1 Å². The highest BCUT2D eigenvalue weighted by molar-refractivity contribution is 9.10. The first-order valence-corrected chi connectivity index (χ1v) is 5.04. The molecular formula is C10H10BrNO. The van der Waals surface area contributed by atoms with Gasteiger partial charge in [0.05, 0.1) is 0 Å². The van der Waals surface area contributed by atoms with E-state index in [2.05, 4.69) is 22.9 Å². The van der Waals surface area contributed by atoms with Gasteiger partial charge in [-0.25, -0.2) is 0 Å². The molecule has 0 bridgehead atoms. The molecule has 1 saturated heterocycles. The van der Waals surface area contributed by atoms with E-state index in [1.807, 2.05) is 29.2 Å². The van der Waals surface area contributed by atoms with Crippen molar-refractivity contribution in [3.8, 4) is 0 Å². The summed E-state index contributed by atoms with van der Waals surface area (Å²) in [5.74, 6) is 0.133. The van der Waals surface area contributed by atoms with Gasteiger partial charge in [-0.3, -0.25) is 4.79 Å². The fraction of sp³-hybridized carbons (Fsp3) is 0.300. The summed E-state index contributed by atoms with van der Waals surface area (Å²) in [5, 5.41) is 0. The van der Waals surface area contributed by atoms with Crippen LogP contribution in [0.25, 0.3) is 0 Å². The zero-order valence-electron chi connectivity index (χ0n) is 7.33. The maximum Gasteiger partial charge on any atom is 0.254 e. The van der Waals surface area contributed by atoms with Crippen LogP contribution in [0.3, 0.4) is 0 Å². The zero-order chi connectivity index (χ0) is 9.42. The van der Waals surface area contributed by atoms with E-state index in [1.54, 1.807) is 0 Å². The summed E-state index contributed by atoms with van der Waals surface area (Å²) in [7, 11) is 0. The standard InChI is InChI=1S/C10H10BrNO/c1-7-6-12(7)10(13)8-3-2-4-9(11)5-8/h2-5,7H,6H2,1H3. The predicted octanol–water partition coefficient (Wildman–Crippen LogP) is 2.29. The van der Waals surface area contributed by atoms with Crippen molar-refractivity contribution in [2.24, 2.45) is 0 Å². The molecule has 1 aromatic rings. The van der Waals surface area contributed by atoms with Crippen molar-refractivity contribution >= 4 is 21.8 Å². The van der Waals surface area contributed by atoms with E-state index in [0.29, 0.717) is 6.04 Å². The van der Waals surface area contributed by atoms with Crippen molar-refractivity contribution in [1.29, 1.82) is 0 Å². The molecule has 0 N–H and O–H groups in total. The van der Waals surface area contributed by atoms with Crippen molar-refractivity contribution in [3.05, 3.63) is 34.3 Å². The van der Waals surface area contributed by atoms with Crippen LogP contribution in [0.1, 0.15) is 17.3 Å². The monoisotopic (exact) mass is 239 g/mol. The second-order valence-electron chi connectivity index (χ2n) is 3.32. The minimum absolute atomic E-state index is 0.133. The van der Waals surface area contributed by atoms with Crippen LogP contribution in [0.15, 0.2) is 28.7 Å². The van der Waals surface area contributed by atoms with E-state index in [0.717, 1.165) is 16.6 Å².